The monoisotopic (exact) mass is 366 g/mol. The molecule has 0 fully saturated rings. The van der Waals surface area contributed by atoms with Crippen LogP contribution < -0.4 is 15.5 Å². The second kappa shape index (κ2) is 8.22. The van der Waals surface area contributed by atoms with E-state index < -0.39 is 0 Å². The van der Waals surface area contributed by atoms with E-state index in [4.69, 9.17) is 5.73 Å². The molecule has 6 nitrogen and oxygen atoms in total. The number of hydrogen-bond acceptors (Lipinski definition) is 4. The Morgan fingerprint density at radius 2 is 1.74 bits per heavy atom. The highest BCUT2D eigenvalue weighted by atomic mass is 16.2. The van der Waals surface area contributed by atoms with E-state index in [1.807, 2.05) is 43.3 Å². The van der Waals surface area contributed by atoms with Crippen LogP contribution >= 0.6 is 0 Å². The lowest BCUT2D eigenvalue weighted by atomic mass is 10.1. The number of nitrogen functional groups attached to an aromatic ring is 1. The van der Waals surface area contributed by atoms with Crippen molar-refractivity contribution < 1.29 is 9.59 Å². The van der Waals surface area contributed by atoms with E-state index >= 15 is 0 Å². The summed E-state index contributed by atoms with van der Waals surface area (Å²) >= 11 is 0. The molecule has 0 atom stereocenters. The van der Waals surface area contributed by atoms with E-state index in [0.29, 0.717) is 30.8 Å². The van der Waals surface area contributed by atoms with Gasteiger partial charge in [0, 0.05) is 30.8 Å². The van der Waals surface area contributed by atoms with Crippen molar-refractivity contribution in [2.75, 3.05) is 49.3 Å². The topological polar surface area (TPSA) is 69.9 Å². The third-order valence-corrected chi connectivity index (χ3v) is 4.70. The maximum absolute atomic E-state index is 13.1. The summed E-state index contributed by atoms with van der Waals surface area (Å²) in [4.78, 5) is 31.5. The predicted octanol–water partition coefficient (Wildman–Crippen LogP) is 2.60. The molecule has 0 aliphatic carbocycles. The number of rotatable bonds is 5. The second-order valence-electron chi connectivity index (χ2n) is 7.02. The Bertz CT molecular complexity index is 817. The van der Waals surface area contributed by atoms with E-state index in [-0.39, 0.29) is 11.8 Å². The zero-order valence-corrected chi connectivity index (χ0v) is 15.9. The highest BCUT2D eigenvalue weighted by Crippen LogP contribution is 2.33. The summed E-state index contributed by atoms with van der Waals surface area (Å²) < 4.78 is 0. The summed E-state index contributed by atoms with van der Waals surface area (Å²) in [6.07, 6.45) is 1.18. The Morgan fingerprint density at radius 3 is 2.41 bits per heavy atom. The van der Waals surface area contributed by atoms with Gasteiger partial charge in [0.05, 0.1) is 11.4 Å². The van der Waals surface area contributed by atoms with Gasteiger partial charge in [0.1, 0.15) is 0 Å². The first-order valence-electron chi connectivity index (χ1n) is 9.19. The number of carbonyl (C=O) groups excluding carboxylic acids is 2. The fourth-order valence-electron chi connectivity index (χ4n) is 3.30. The van der Waals surface area contributed by atoms with Crippen LogP contribution in [-0.2, 0) is 4.79 Å². The minimum absolute atomic E-state index is 0.0498. The highest BCUT2D eigenvalue weighted by Gasteiger charge is 2.29. The summed E-state index contributed by atoms with van der Waals surface area (Å²) in [5, 5.41) is 0. The van der Waals surface area contributed by atoms with Crippen LogP contribution in [0.2, 0.25) is 0 Å². The molecule has 0 spiro atoms. The Kier molecular flexibility index (Phi) is 5.76. The van der Waals surface area contributed by atoms with Gasteiger partial charge in [-0.2, -0.15) is 0 Å². The van der Waals surface area contributed by atoms with Gasteiger partial charge in [-0.15, -0.1) is 0 Å². The van der Waals surface area contributed by atoms with Crippen molar-refractivity contribution in [1.82, 2.24) is 4.90 Å². The summed E-state index contributed by atoms with van der Waals surface area (Å²) in [6.45, 7) is 1.90. The Balaban J connectivity index is 1.91. The molecule has 6 heteroatoms. The van der Waals surface area contributed by atoms with Crippen LogP contribution in [0.15, 0.2) is 48.5 Å². The summed E-state index contributed by atoms with van der Waals surface area (Å²) in [5.74, 6) is -0.0702. The smallest absolute Gasteiger partial charge is 0.258 e. The molecule has 3 rings (SSSR count). The average molecular weight is 366 g/mol. The largest absolute Gasteiger partial charge is 0.399 e. The molecule has 0 unspecified atom stereocenters. The van der Waals surface area contributed by atoms with Gasteiger partial charge in [-0.1, -0.05) is 12.1 Å². The number of fused-ring (bicyclic) bond motifs is 1. The fraction of sp³-hybridized carbons (Fsp3) is 0.333. The predicted molar refractivity (Wildman–Crippen MR) is 109 cm³/mol. The van der Waals surface area contributed by atoms with Gasteiger partial charge in [-0.05, 0) is 63.5 Å². The number of para-hydroxylation sites is 2. The lowest BCUT2D eigenvalue weighted by molar-refractivity contribution is -0.118. The first-order chi connectivity index (χ1) is 13.0. The first kappa shape index (κ1) is 18.9. The van der Waals surface area contributed by atoms with Crippen LogP contribution in [-0.4, -0.2) is 50.4 Å². The standard InChI is InChI=1S/C21H26N4O2/c1-23(2)13-5-14-24-18-6-3-4-7-19(18)25(15-12-20(24)26)21(27)16-8-10-17(22)11-9-16/h3-4,6-11H,5,12-15,22H2,1-2H3. The molecule has 0 aromatic heterocycles. The molecular formula is C21H26N4O2. The van der Waals surface area contributed by atoms with Gasteiger partial charge < -0.3 is 20.4 Å². The van der Waals surface area contributed by atoms with Crippen molar-refractivity contribution in [2.45, 2.75) is 12.8 Å². The quantitative estimate of drug-likeness (QED) is 0.826. The van der Waals surface area contributed by atoms with Crippen molar-refractivity contribution in [3.05, 3.63) is 54.1 Å². The number of amides is 2. The van der Waals surface area contributed by atoms with Gasteiger partial charge >= 0.3 is 0 Å². The SMILES string of the molecule is CN(C)CCCN1C(=O)CCN(C(=O)c2ccc(N)cc2)c2ccccc21. The van der Waals surface area contributed by atoms with E-state index in [1.165, 1.54) is 0 Å². The van der Waals surface area contributed by atoms with E-state index in [1.54, 1.807) is 29.2 Å². The minimum Gasteiger partial charge on any atom is -0.399 e. The van der Waals surface area contributed by atoms with Gasteiger partial charge in [0.15, 0.2) is 0 Å². The fourth-order valence-corrected chi connectivity index (χ4v) is 3.30. The highest BCUT2D eigenvalue weighted by molar-refractivity contribution is 6.11. The molecular weight excluding hydrogens is 340 g/mol. The molecule has 27 heavy (non-hydrogen) atoms. The summed E-state index contributed by atoms with van der Waals surface area (Å²) in [5.41, 5.74) is 8.48. The number of anilines is 3. The van der Waals surface area contributed by atoms with Crippen LogP contribution in [0.5, 0.6) is 0 Å². The van der Waals surface area contributed by atoms with Crippen LogP contribution in [0.4, 0.5) is 17.1 Å². The molecule has 2 aromatic rings. The number of nitrogens with zero attached hydrogens (tertiary/aromatic N) is 3. The van der Waals surface area contributed by atoms with E-state index in [0.717, 1.165) is 24.3 Å². The number of carbonyl (C=O) groups is 2. The van der Waals surface area contributed by atoms with Gasteiger partial charge in [-0.3, -0.25) is 9.59 Å². The maximum Gasteiger partial charge on any atom is 0.258 e. The lowest BCUT2D eigenvalue weighted by Crippen LogP contribution is -2.33. The summed E-state index contributed by atoms with van der Waals surface area (Å²) in [6, 6.07) is 14.5. The molecule has 0 saturated carbocycles. The molecule has 2 N–H and O–H groups in total. The van der Waals surface area contributed by atoms with Gasteiger partial charge in [0.25, 0.3) is 5.91 Å². The molecule has 1 aliphatic rings. The van der Waals surface area contributed by atoms with Crippen LogP contribution in [0, 0.1) is 0 Å². The minimum atomic E-state index is -0.120. The summed E-state index contributed by atoms with van der Waals surface area (Å²) in [7, 11) is 4.04. The molecule has 2 aromatic carbocycles. The average Bonchev–Trinajstić information content (AvgIpc) is 2.79. The molecule has 0 bridgehead atoms. The third-order valence-electron chi connectivity index (χ3n) is 4.70. The van der Waals surface area contributed by atoms with Crippen LogP contribution in [0.3, 0.4) is 0 Å². The lowest BCUT2D eigenvalue weighted by Gasteiger charge is -2.26. The van der Waals surface area contributed by atoms with Crippen molar-refractivity contribution >= 4 is 28.9 Å². The number of benzene rings is 2. The first-order valence-corrected chi connectivity index (χ1v) is 9.19. The van der Waals surface area contributed by atoms with Crippen LogP contribution in [0.25, 0.3) is 0 Å². The number of hydrogen-bond donors (Lipinski definition) is 1. The molecule has 0 radical (unpaired) electrons. The van der Waals surface area contributed by atoms with Gasteiger partial charge in [0.2, 0.25) is 5.91 Å². The normalized spacial score (nSPS) is 14.3. The number of nitrogens with two attached hydrogens (primary N) is 1. The Labute approximate surface area is 160 Å². The van der Waals surface area contributed by atoms with Crippen molar-refractivity contribution in [2.24, 2.45) is 0 Å². The van der Waals surface area contributed by atoms with Crippen molar-refractivity contribution in [1.29, 1.82) is 0 Å². The van der Waals surface area contributed by atoms with Crippen LogP contribution in [0.1, 0.15) is 23.2 Å². The molecule has 2 amide bonds. The van der Waals surface area contributed by atoms with Crippen molar-refractivity contribution in [3.63, 3.8) is 0 Å². The maximum atomic E-state index is 13.1. The molecule has 142 valence electrons. The third kappa shape index (κ3) is 4.28. The zero-order valence-electron chi connectivity index (χ0n) is 15.9. The Morgan fingerprint density at radius 1 is 1.07 bits per heavy atom. The zero-order chi connectivity index (χ0) is 19.4. The molecule has 1 aliphatic heterocycles. The van der Waals surface area contributed by atoms with E-state index in [2.05, 4.69) is 4.90 Å². The van der Waals surface area contributed by atoms with E-state index in [9.17, 15) is 9.59 Å². The Hall–Kier alpha value is -2.86. The molecule has 1 heterocycles. The molecule has 0 saturated heterocycles. The van der Waals surface area contributed by atoms with Gasteiger partial charge in [-0.25, -0.2) is 0 Å². The van der Waals surface area contributed by atoms with Crippen molar-refractivity contribution in [3.8, 4) is 0 Å². The second-order valence-corrected chi connectivity index (χ2v) is 7.02.